The number of carboxylic acids is 1. The standard InChI is InChI=1S/C13H18N2O4S/c1-13(2,7-11(17)18)14-10(16)8-15(3)12(19)9-5-4-6-20-9/h4-6H,7-8H2,1-3H3,(H,14,16)(H,17,18). The van der Waals surface area contributed by atoms with E-state index in [0.717, 1.165) is 0 Å². The monoisotopic (exact) mass is 298 g/mol. The summed E-state index contributed by atoms with van der Waals surface area (Å²) in [6, 6.07) is 3.46. The number of carbonyl (C=O) groups excluding carboxylic acids is 2. The van der Waals surface area contributed by atoms with Gasteiger partial charge in [-0.25, -0.2) is 0 Å². The molecule has 20 heavy (non-hydrogen) atoms. The summed E-state index contributed by atoms with van der Waals surface area (Å²) in [6.07, 6.45) is -0.179. The van der Waals surface area contributed by atoms with Crippen molar-refractivity contribution in [2.75, 3.05) is 13.6 Å². The van der Waals surface area contributed by atoms with Crippen LogP contribution in [-0.4, -0.2) is 46.9 Å². The first-order valence-corrected chi connectivity index (χ1v) is 6.91. The lowest BCUT2D eigenvalue weighted by molar-refractivity contribution is -0.138. The summed E-state index contributed by atoms with van der Waals surface area (Å²) in [5, 5.41) is 13.1. The maximum atomic E-state index is 11.9. The number of thiophene rings is 1. The number of nitrogens with one attached hydrogen (secondary N) is 1. The molecule has 0 unspecified atom stereocenters. The van der Waals surface area contributed by atoms with E-state index < -0.39 is 11.5 Å². The molecule has 0 aliphatic heterocycles. The minimum atomic E-state index is -0.988. The Morgan fingerprint density at radius 3 is 2.55 bits per heavy atom. The molecule has 6 nitrogen and oxygen atoms in total. The molecule has 0 radical (unpaired) electrons. The minimum Gasteiger partial charge on any atom is -0.481 e. The van der Waals surface area contributed by atoms with Crippen molar-refractivity contribution in [3.05, 3.63) is 22.4 Å². The van der Waals surface area contributed by atoms with Crippen molar-refractivity contribution in [3.8, 4) is 0 Å². The Morgan fingerprint density at radius 1 is 1.40 bits per heavy atom. The van der Waals surface area contributed by atoms with Gasteiger partial charge in [0.15, 0.2) is 0 Å². The van der Waals surface area contributed by atoms with Gasteiger partial charge in [-0.1, -0.05) is 6.07 Å². The summed E-state index contributed by atoms with van der Waals surface area (Å²) in [4.78, 5) is 36.3. The molecule has 1 rings (SSSR count). The van der Waals surface area contributed by atoms with Gasteiger partial charge in [0.2, 0.25) is 5.91 Å². The van der Waals surface area contributed by atoms with Crippen molar-refractivity contribution in [1.82, 2.24) is 10.2 Å². The zero-order valence-electron chi connectivity index (χ0n) is 11.7. The van der Waals surface area contributed by atoms with Crippen LogP contribution >= 0.6 is 11.3 Å². The molecule has 110 valence electrons. The topological polar surface area (TPSA) is 86.7 Å². The Hall–Kier alpha value is -1.89. The highest BCUT2D eigenvalue weighted by atomic mass is 32.1. The van der Waals surface area contributed by atoms with Crippen molar-refractivity contribution >= 4 is 29.1 Å². The van der Waals surface area contributed by atoms with E-state index >= 15 is 0 Å². The number of carbonyl (C=O) groups is 3. The highest BCUT2D eigenvalue weighted by Gasteiger charge is 2.25. The Bertz CT molecular complexity index is 496. The van der Waals surface area contributed by atoms with E-state index in [1.165, 1.54) is 23.3 Å². The summed E-state index contributed by atoms with van der Waals surface area (Å²) < 4.78 is 0. The van der Waals surface area contributed by atoms with Crippen molar-refractivity contribution in [3.63, 3.8) is 0 Å². The summed E-state index contributed by atoms with van der Waals surface area (Å²) in [7, 11) is 1.53. The lowest BCUT2D eigenvalue weighted by atomic mass is 10.0. The second-order valence-electron chi connectivity index (χ2n) is 5.14. The van der Waals surface area contributed by atoms with Crippen molar-refractivity contribution in [2.24, 2.45) is 0 Å². The number of hydrogen-bond donors (Lipinski definition) is 2. The third-order valence-electron chi connectivity index (χ3n) is 2.53. The number of likely N-dealkylation sites (N-methyl/N-ethyl adjacent to an activating group) is 1. The summed E-state index contributed by atoms with van der Waals surface area (Å²) in [6.45, 7) is 3.14. The van der Waals surface area contributed by atoms with Crippen LogP contribution in [0.2, 0.25) is 0 Å². The molecule has 2 amide bonds. The first-order valence-electron chi connectivity index (χ1n) is 6.03. The van der Waals surface area contributed by atoms with Gasteiger partial charge in [-0.15, -0.1) is 11.3 Å². The maximum absolute atomic E-state index is 11.9. The van der Waals surface area contributed by atoms with Gasteiger partial charge >= 0.3 is 5.97 Å². The van der Waals surface area contributed by atoms with Gasteiger partial charge in [-0.3, -0.25) is 14.4 Å². The van der Waals surface area contributed by atoms with E-state index in [-0.39, 0.29) is 24.8 Å². The molecule has 0 saturated carbocycles. The van der Waals surface area contributed by atoms with Gasteiger partial charge in [-0.05, 0) is 25.3 Å². The minimum absolute atomic E-state index is 0.111. The lowest BCUT2D eigenvalue weighted by Crippen LogP contribution is -2.49. The van der Waals surface area contributed by atoms with Gasteiger partial charge < -0.3 is 15.3 Å². The molecule has 7 heteroatoms. The Kier molecular flexibility index (Phi) is 5.26. The molecular formula is C13H18N2O4S. The lowest BCUT2D eigenvalue weighted by Gasteiger charge is -2.26. The summed E-state index contributed by atoms with van der Waals surface area (Å²) in [5.41, 5.74) is -0.851. The van der Waals surface area contributed by atoms with Gasteiger partial charge in [0.05, 0.1) is 17.8 Å². The Morgan fingerprint density at radius 2 is 2.05 bits per heavy atom. The first-order chi connectivity index (χ1) is 9.21. The summed E-state index contributed by atoms with van der Waals surface area (Å²) in [5.74, 6) is -1.60. The SMILES string of the molecule is CN(CC(=O)NC(C)(C)CC(=O)O)C(=O)c1cccs1. The predicted octanol–water partition coefficient (Wildman–Crippen LogP) is 1.19. The number of hydrogen-bond acceptors (Lipinski definition) is 4. The van der Waals surface area contributed by atoms with Crippen LogP contribution in [0, 0.1) is 0 Å². The molecule has 0 aromatic carbocycles. The molecule has 0 saturated heterocycles. The van der Waals surface area contributed by atoms with Crippen LogP contribution in [0.5, 0.6) is 0 Å². The van der Waals surface area contributed by atoms with E-state index in [1.54, 1.807) is 31.4 Å². The molecule has 2 N–H and O–H groups in total. The molecular weight excluding hydrogens is 280 g/mol. The normalized spacial score (nSPS) is 10.9. The highest BCUT2D eigenvalue weighted by molar-refractivity contribution is 7.12. The third-order valence-corrected chi connectivity index (χ3v) is 3.39. The van der Waals surface area contributed by atoms with Crippen LogP contribution in [0.25, 0.3) is 0 Å². The molecule has 0 aliphatic carbocycles. The van der Waals surface area contributed by atoms with E-state index in [1.807, 2.05) is 0 Å². The van der Waals surface area contributed by atoms with Crippen LogP contribution < -0.4 is 5.32 Å². The largest absolute Gasteiger partial charge is 0.481 e. The van der Waals surface area contributed by atoms with Gasteiger partial charge in [0.25, 0.3) is 5.91 Å². The quantitative estimate of drug-likeness (QED) is 0.826. The van der Waals surface area contributed by atoms with E-state index in [4.69, 9.17) is 5.11 Å². The molecule has 0 spiro atoms. The zero-order chi connectivity index (χ0) is 15.3. The predicted molar refractivity (Wildman–Crippen MR) is 75.8 cm³/mol. The third kappa shape index (κ3) is 5.00. The fourth-order valence-corrected chi connectivity index (χ4v) is 2.43. The van der Waals surface area contributed by atoms with Crippen molar-refractivity contribution in [2.45, 2.75) is 25.8 Å². The molecule has 0 bridgehead atoms. The van der Waals surface area contributed by atoms with Gasteiger partial charge in [0.1, 0.15) is 0 Å². The first kappa shape index (κ1) is 16.2. The Labute approximate surface area is 121 Å². The van der Waals surface area contributed by atoms with Crippen LogP contribution in [-0.2, 0) is 9.59 Å². The van der Waals surface area contributed by atoms with E-state index in [2.05, 4.69) is 5.32 Å². The zero-order valence-corrected chi connectivity index (χ0v) is 12.5. The average Bonchev–Trinajstić information content (AvgIpc) is 2.77. The smallest absolute Gasteiger partial charge is 0.305 e. The highest BCUT2D eigenvalue weighted by Crippen LogP contribution is 2.11. The van der Waals surface area contributed by atoms with E-state index in [0.29, 0.717) is 4.88 Å². The van der Waals surface area contributed by atoms with Crippen LogP contribution in [0.3, 0.4) is 0 Å². The second kappa shape index (κ2) is 6.51. The van der Waals surface area contributed by atoms with Crippen LogP contribution in [0.15, 0.2) is 17.5 Å². The number of aliphatic carboxylic acids is 1. The van der Waals surface area contributed by atoms with Crippen LogP contribution in [0.4, 0.5) is 0 Å². The number of nitrogens with zero attached hydrogens (tertiary/aromatic N) is 1. The van der Waals surface area contributed by atoms with Crippen LogP contribution in [0.1, 0.15) is 29.9 Å². The average molecular weight is 298 g/mol. The Balaban J connectivity index is 2.54. The molecule has 0 aliphatic rings. The van der Waals surface area contributed by atoms with Gasteiger partial charge in [-0.2, -0.15) is 0 Å². The number of rotatable bonds is 6. The molecule has 0 fully saturated rings. The maximum Gasteiger partial charge on any atom is 0.305 e. The molecule has 0 atom stereocenters. The van der Waals surface area contributed by atoms with Gasteiger partial charge in [0, 0.05) is 12.6 Å². The number of amides is 2. The molecule has 1 aromatic heterocycles. The number of carboxylic acid groups (broad SMARTS) is 1. The van der Waals surface area contributed by atoms with Crippen molar-refractivity contribution in [1.29, 1.82) is 0 Å². The molecule has 1 heterocycles. The fourth-order valence-electron chi connectivity index (χ4n) is 1.71. The van der Waals surface area contributed by atoms with Crippen molar-refractivity contribution < 1.29 is 19.5 Å². The summed E-state index contributed by atoms with van der Waals surface area (Å²) >= 11 is 1.31. The fraction of sp³-hybridized carbons (Fsp3) is 0.462. The molecule has 1 aromatic rings. The van der Waals surface area contributed by atoms with E-state index in [9.17, 15) is 14.4 Å². The second-order valence-corrected chi connectivity index (χ2v) is 6.09.